The molecule has 1 aromatic rings. The molecule has 0 spiro atoms. The number of hydrogen-bond donors (Lipinski definition) is 1. The van der Waals surface area contributed by atoms with Gasteiger partial charge in [0.05, 0.1) is 13.2 Å². The maximum atomic E-state index is 12.6. The summed E-state index contributed by atoms with van der Waals surface area (Å²) in [5.74, 6) is -0.242. The fourth-order valence-corrected chi connectivity index (χ4v) is 2.37. The number of anilines is 1. The predicted molar refractivity (Wildman–Crippen MR) is 90.5 cm³/mol. The molecule has 0 bridgehead atoms. The Morgan fingerprint density at radius 1 is 1.22 bits per heavy atom. The summed E-state index contributed by atoms with van der Waals surface area (Å²) in [6.45, 7) is 6.06. The van der Waals surface area contributed by atoms with Gasteiger partial charge in [0.25, 0.3) is 5.91 Å². The molecule has 2 rings (SSSR count). The first-order chi connectivity index (χ1) is 11.1. The lowest BCUT2D eigenvalue weighted by Gasteiger charge is -2.27. The van der Waals surface area contributed by atoms with Gasteiger partial charge in [-0.3, -0.25) is 9.59 Å². The van der Waals surface area contributed by atoms with E-state index in [4.69, 9.17) is 4.74 Å². The van der Waals surface area contributed by atoms with Crippen molar-refractivity contribution in [2.45, 2.75) is 13.8 Å². The van der Waals surface area contributed by atoms with Crippen molar-refractivity contribution in [1.29, 1.82) is 0 Å². The Kier molecular flexibility index (Phi) is 6.11. The minimum absolute atomic E-state index is 0.0219. The van der Waals surface area contributed by atoms with Crippen LogP contribution in [0.5, 0.6) is 0 Å². The summed E-state index contributed by atoms with van der Waals surface area (Å²) in [5.41, 5.74) is 2.04. The maximum absolute atomic E-state index is 12.6. The first-order valence-electron chi connectivity index (χ1n) is 7.70. The van der Waals surface area contributed by atoms with E-state index in [0.29, 0.717) is 37.6 Å². The number of ether oxygens (including phenoxy) is 1. The highest BCUT2D eigenvalue weighted by atomic mass is 16.5. The number of hydrogen-bond acceptors (Lipinski definition) is 3. The molecule has 0 saturated carbocycles. The van der Waals surface area contributed by atoms with Gasteiger partial charge in [-0.15, -0.1) is 0 Å². The van der Waals surface area contributed by atoms with Crippen LogP contribution in [0.2, 0.25) is 0 Å². The Bertz CT molecular complexity index is 629. The monoisotopic (exact) mass is 314 g/mol. The molecule has 0 radical (unpaired) electrons. The maximum Gasteiger partial charge on any atom is 0.254 e. The van der Waals surface area contributed by atoms with Gasteiger partial charge in [0.15, 0.2) is 0 Å². The van der Waals surface area contributed by atoms with Gasteiger partial charge in [-0.05, 0) is 31.5 Å². The quantitative estimate of drug-likeness (QED) is 0.686. The summed E-state index contributed by atoms with van der Waals surface area (Å²) >= 11 is 0. The zero-order valence-electron chi connectivity index (χ0n) is 13.5. The van der Waals surface area contributed by atoms with Crippen molar-refractivity contribution in [3.05, 3.63) is 53.6 Å². The Hall–Kier alpha value is -2.40. The van der Waals surface area contributed by atoms with E-state index in [1.165, 1.54) is 6.08 Å². The van der Waals surface area contributed by atoms with Crippen LogP contribution in [0.3, 0.4) is 0 Å². The number of morpholine rings is 1. The van der Waals surface area contributed by atoms with Crippen LogP contribution < -0.4 is 5.32 Å². The zero-order valence-corrected chi connectivity index (χ0v) is 13.5. The van der Waals surface area contributed by atoms with Crippen molar-refractivity contribution in [3.63, 3.8) is 0 Å². The van der Waals surface area contributed by atoms with Gasteiger partial charge in [0.2, 0.25) is 5.91 Å². The molecule has 1 aliphatic rings. The van der Waals surface area contributed by atoms with Crippen LogP contribution in [0.1, 0.15) is 22.8 Å². The number of carbonyl (C=O) groups excluding carboxylic acids is 2. The van der Waals surface area contributed by atoms with E-state index in [0.717, 1.165) is 5.56 Å². The second kappa shape index (κ2) is 8.29. The van der Waals surface area contributed by atoms with Gasteiger partial charge in [-0.1, -0.05) is 24.3 Å². The fourth-order valence-electron chi connectivity index (χ4n) is 2.37. The topological polar surface area (TPSA) is 58.6 Å². The number of nitrogens with zero attached hydrogens (tertiary/aromatic N) is 1. The highest BCUT2D eigenvalue weighted by Crippen LogP contribution is 2.21. The normalized spacial score (nSPS) is 15.3. The van der Waals surface area contributed by atoms with E-state index in [1.807, 2.05) is 19.9 Å². The molecule has 1 heterocycles. The molecular formula is C18H22N2O3. The minimum Gasteiger partial charge on any atom is -0.378 e. The van der Waals surface area contributed by atoms with E-state index in [9.17, 15) is 9.59 Å². The molecule has 1 fully saturated rings. The molecule has 0 aromatic heterocycles. The molecule has 0 aliphatic carbocycles. The summed E-state index contributed by atoms with van der Waals surface area (Å²) in [6.07, 6.45) is 6.75. The molecule has 5 heteroatoms. The highest BCUT2D eigenvalue weighted by molar-refractivity contribution is 6.02. The van der Waals surface area contributed by atoms with Crippen LogP contribution in [0.25, 0.3) is 0 Å². The number of amides is 2. The Morgan fingerprint density at radius 3 is 2.65 bits per heavy atom. The molecule has 1 N–H and O–H groups in total. The second-order valence-corrected chi connectivity index (χ2v) is 5.26. The van der Waals surface area contributed by atoms with Gasteiger partial charge in [0, 0.05) is 30.4 Å². The van der Waals surface area contributed by atoms with Crippen molar-refractivity contribution in [2.24, 2.45) is 0 Å². The summed E-state index contributed by atoms with van der Waals surface area (Å²) in [5, 5.41) is 2.81. The first kappa shape index (κ1) is 17.0. The van der Waals surface area contributed by atoms with Crippen molar-refractivity contribution in [3.8, 4) is 0 Å². The lowest BCUT2D eigenvalue weighted by atomic mass is 10.0. The average molecular weight is 314 g/mol. The Balaban J connectivity index is 2.14. The van der Waals surface area contributed by atoms with Crippen LogP contribution in [0, 0.1) is 6.92 Å². The minimum atomic E-state index is -0.220. The van der Waals surface area contributed by atoms with Crippen LogP contribution >= 0.6 is 0 Å². The number of allylic oxidation sites excluding steroid dienone is 3. The van der Waals surface area contributed by atoms with E-state index in [-0.39, 0.29) is 11.8 Å². The molecule has 0 atom stereocenters. The number of nitrogens with one attached hydrogen (secondary N) is 1. The van der Waals surface area contributed by atoms with Crippen LogP contribution in [0.4, 0.5) is 5.69 Å². The van der Waals surface area contributed by atoms with Crippen LogP contribution in [0.15, 0.2) is 42.5 Å². The third kappa shape index (κ3) is 4.53. The summed E-state index contributed by atoms with van der Waals surface area (Å²) in [4.78, 5) is 26.3. The number of benzene rings is 1. The van der Waals surface area contributed by atoms with Crippen molar-refractivity contribution in [1.82, 2.24) is 4.90 Å². The molecule has 23 heavy (non-hydrogen) atoms. The van der Waals surface area contributed by atoms with Gasteiger partial charge in [-0.25, -0.2) is 0 Å². The molecule has 1 aliphatic heterocycles. The predicted octanol–water partition coefficient (Wildman–Crippen LogP) is 2.54. The second-order valence-electron chi connectivity index (χ2n) is 5.26. The largest absolute Gasteiger partial charge is 0.378 e. The van der Waals surface area contributed by atoms with E-state index < -0.39 is 0 Å². The van der Waals surface area contributed by atoms with E-state index >= 15 is 0 Å². The first-order valence-corrected chi connectivity index (χ1v) is 7.70. The standard InChI is InChI=1S/C18H22N2O3/c1-3-4-5-9-17(21)19-16-8-6-7-15(14(16)2)18(22)20-10-12-23-13-11-20/h3-9H,10-13H2,1-2H3,(H,19,21)/b4-3+,9-5+. The summed E-state index contributed by atoms with van der Waals surface area (Å²) < 4.78 is 5.28. The lowest BCUT2D eigenvalue weighted by Crippen LogP contribution is -2.41. The average Bonchev–Trinajstić information content (AvgIpc) is 2.57. The number of rotatable bonds is 4. The van der Waals surface area contributed by atoms with E-state index in [2.05, 4.69) is 5.32 Å². The van der Waals surface area contributed by atoms with Crippen molar-refractivity contribution < 1.29 is 14.3 Å². The fraction of sp³-hybridized carbons (Fsp3) is 0.333. The Morgan fingerprint density at radius 2 is 1.96 bits per heavy atom. The SMILES string of the molecule is C/C=C/C=C/C(=O)Nc1cccc(C(=O)N2CCOCC2)c1C. The molecular weight excluding hydrogens is 292 g/mol. The number of carbonyl (C=O) groups is 2. The van der Waals surface area contributed by atoms with Crippen LogP contribution in [-0.4, -0.2) is 43.0 Å². The van der Waals surface area contributed by atoms with Crippen molar-refractivity contribution in [2.75, 3.05) is 31.6 Å². The molecule has 122 valence electrons. The van der Waals surface area contributed by atoms with Crippen molar-refractivity contribution >= 4 is 17.5 Å². The molecule has 0 unspecified atom stereocenters. The third-order valence-corrected chi connectivity index (χ3v) is 3.67. The molecule has 1 saturated heterocycles. The van der Waals surface area contributed by atoms with E-state index in [1.54, 1.807) is 35.3 Å². The van der Waals surface area contributed by atoms with Gasteiger partial charge < -0.3 is 15.0 Å². The molecule has 2 amide bonds. The van der Waals surface area contributed by atoms with Gasteiger partial charge >= 0.3 is 0 Å². The van der Waals surface area contributed by atoms with Crippen LogP contribution in [-0.2, 0) is 9.53 Å². The zero-order chi connectivity index (χ0) is 16.7. The lowest BCUT2D eigenvalue weighted by molar-refractivity contribution is -0.111. The van der Waals surface area contributed by atoms with Gasteiger partial charge in [-0.2, -0.15) is 0 Å². The highest BCUT2D eigenvalue weighted by Gasteiger charge is 2.21. The Labute approximate surface area is 136 Å². The smallest absolute Gasteiger partial charge is 0.254 e. The summed E-state index contributed by atoms with van der Waals surface area (Å²) in [7, 11) is 0. The third-order valence-electron chi connectivity index (χ3n) is 3.67. The summed E-state index contributed by atoms with van der Waals surface area (Å²) in [6, 6.07) is 5.37. The molecule has 1 aromatic carbocycles. The molecule has 5 nitrogen and oxygen atoms in total. The van der Waals surface area contributed by atoms with Gasteiger partial charge in [0.1, 0.15) is 0 Å².